The van der Waals surface area contributed by atoms with Gasteiger partial charge in [0.1, 0.15) is 19.4 Å². The number of amides is 1. The molecule has 4 rings (SSSR count). The van der Waals surface area contributed by atoms with Gasteiger partial charge in [-0.2, -0.15) is 0 Å². The number of aryl methyl sites for hydroxylation is 1. The summed E-state index contributed by atoms with van der Waals surface area (Å²) in [7, 11) is 1.88. The molecular formula is C25H32BFN4O2. The molecule has 1 aromatic rings. The van der Waals surface area contributed by atoms with Crippen LogP contribution in [0.4, 0.5) is 4.39 Å². The van der Waals surface area contributed by atoms with E-state index in [1.165, 1.54) is 6.39 Å². The zero-order chi connectivity index (χ0) is 24.1. The second-order valence-electron chi connectivity index (χ2n) is 10.1. The molecule has 2 fully saturated rings. The van der Waals surface area contributed by atoms with Gasteiger partial charge >= 0.3 is 0 Å². The summed E-state index contributed by atoms with van der Waals surface area (Å²) < 4.78 is 19.8. The lowest BCUT2D eigenvalue weighted by atomic mass is 9.68. The number of allylic oxidation sites excluding steroid dienone is 6. The molecule has 0 spiro atoms. The monoisotopic (exact) mass is 450 g/mol. The minimum atomic E-state index is -0.516. The Labute approximate surface area is 195 Å². The molecule has 0 radical (unpaired) electrons. The Balaban J connectivity index is 1.67. The number of carbonyl (C=O) groups is 1. The van der Waals surface area contributed by atoms with Crippen molar-refractivity contribution in [1.82, 2.24) is 9.88 Å². The van der Waals surface area contributed by atoms with Gasteiger partial charge in [0.25, 0.3) is 5.91 Å². The molecule has 2 atom stereocenters. The highest BCUT2D eigenvalue weighted by Crippen LogP contribution is 2.66. The van der Waals surface area contributed by atoms with Gasteiger partial charge in [-0.3, -0.25) is 4.79 Å². The molecule has 1 heterocycles. The van der Waals surface area contributed by atoms with Crippen molar-refractivity contribution < 1.29 is 13.6 Å². The SMILES string of the molecule is BC1=C(C(=N)/C=C2\C(=N)C3(CN(CC)C(=O)c4ncoc4C)CC[C@@H]2C3(C)C)C(F)=CCC1. The second kappa shape index (κ2) is 8.22. The summed E-state index contributed by atoms with van der Waals surface area (Å²) in [6.07, 6.45) is 7.65. The van der Waals surface area contributed by atoms with Crippen molar-refractivity contribution in [3.63, 3.8) is 0 Å². The molecule has 3 aliphatic carbocycles. The molecule has 0 saturated heterocycles. The number of carbonyl (C=O) groups excluding carboxylic acids is 1. The first-order valence-corrected chi connectivity index (χ1v) is 11.7. The molecule has 1 aromatic heterocycles. The maximum absolute atomic E-state index is 14.5. The Morgan fingerprint density at radius 1 is 1.45 bits per heavy atom. The van der Waals surface area contributed by atoms with Crippen LogP contribution in [0.1, 0.15) is 62.7 Å². The third kappa shape index (κ3) is 3.45. The number of fused-ring (bicyclic) bond motifs is 2. The molecule has 1 amide bonds. The number of nitrogens with one attached hydrogen (secondary N) is 2. The maximum atomic E-state index is 14.5. The summed E-state index contributed by atoms with van der Waals surface area (Å²) in [6, 6.07) is 0. The lowest BCUT2D eigenvalue weighted by molar-refractivity contribution is 0.0622. The first-order chi connectivity index (χ1) is 15.5. The van der Waals surface area contributed by atoms with E-state index < -0.39 is 5.41 Å². The van der Waals surface area contributed by atoms with Crippen LogP contribution in [-0.4, -0.2) is 48.2 Å². The van der Waals surface area contributed by atoms with E-state index in [4.69, 9.17) is 15.2 Å². The number of nitrogens with zero attached hydrogens (tertiary/aromatic N) is 2. The first kappa shape index (κ1) is 23.4. The molecule has 2 bridgehead atoms. The molecule has 33 heavy (non-hydrogen) atoms. The zero-order valence-corrected chi connectivity index (χ0v) is 20.1. The third-order valence-corrected chi connectivity index (χ3v) is 8.26. The Kier molecular flexibility index (Phi) is 5.83. The van der Waals surface area contributed by atoms with Crippen LogP contribution in [0.15, 0.2) is 45.4 Å². The molecule has 0 aliphatic heterocycles. The summed E-state index contributed by atoms with van der Waals surface area (Å²) in [6.45, 7) is 8.89. The van der Waals surface area contributed by atoms with Crippen molar-refractivity contribution in [3.8, 4) is 0 Å². The first-order valence-electron chi connectivity index (χ1n) is 11.7. The summed E-state index contributed by atoms with van der Waals surface area (Å²) in [5.74, 6) is 0.0614. The zero-order valence-electron chi connectivity index (χ0n) is 20.1. The van der Waals surface area contributed by atoms with E-state index in [0.29, 0.717) is 42.2 Å². The Morgan fingerprint density at radius 2 is 2.18 bits per heavy atom. The quantitative estimate of drug-likeness (QED) is 0.498. The normalized spacial score (nSPS) is 27.3. The average Bonchev–Trinajstić information content (AvgIpc) is 3.33. The van der Waals surface area contributed by atoms with Gasteiger partial charge in [-0.15, -0.1) is 0 Å². The van der Waals surface area contributed by atoms with E-state index in [-0.39, 0.29) is 28.8 Å². The van der Waals surface area contributed by atoms with E-state index in [1.807, 2.05) is 14.8 Å². The van der Waals surface area contributed by atoms with Crippen LogP contribution in [0, 0.1) is 34.5 Å². The van der Waals surface area contributed by atoms with Crippen LogP contribution in [0.25, 0.3) is 0 Å². The summed E-state index contributed by atoms with van der Waals surface area (Å²) in [5.41, 5.74) is 2.22. The van der Waals surface area contributed by atoms with Crippen molar-refractivity contribution in [2.24, 2.45) is 16.7 Å². The van der Waals surface area contributed by atoms with Crippen molar-refractivity contribution in [3.05, 3.63) is 52.4 Å². The van der Waals surface area contributed by atoms with E-state index in [1.54, 1.807) is 24.0 Å². The molecule has 1 unspecified atom stereocenters. The largest absolute Gasteiger partial charge is 0.448 e. The molecule has 6 nitrogen and oxygen atoms in total. The standard InChI is InChI=1S/C25H32BFN4O2/c1-5-31(23(32)21-14(2)33-13-30-21)12-25-10-9-16(24(25,3)4)15(22(25)29)11-19(28)20-17(26)7-6-8-18(20)27/h8,11,13,16,28-29H,5-7,9-10,12,26H2,1-4H3/b15-11-,28-19?,29-22?/t16-,25?/m0/s1. The van der Waals surface area contributed by atoms with Gasteiger partial charge in [-0.25, -0.2) is 9.37 Å². The summed E-state index contributed by atoms with van der Waals surface area (Å²) in [4.78, 5) is 19.1. The van der Waals surface area contributed by atoms with Crippen LogP contribution < -0.4 is 0 Å². The van der Waals surface area contributed by atoms with Crippen LogP contribution in [0.3, 0.4) is 0 Å². The summed E-state index contributed by atoms with van der Waals surface area (Å²) >= 11 is 0. The van der Waals surface area contributed by atoms with Crippen molar-refractivity contribution in [1.29, 1.82) is 10.8 Å². The van der Waals surface area contributed by atoms with Crippen molar-refractivity contribution >= 4 is 25.2 Å². The number of hydrogen-bond donors (Lipinski definition) is 2. The van der Waals surface area contributed by atoms with Gasteiger partial charge in [0.15, 0.2) is 12.1 Å². The minimum Gasteiger partial charge on any atom is -0.448 e. The molecule has 8 heteroatoms. The van der Waals surface area contributed by atoms with Crippen LogP contribution in [0.2, 0.25) is 0 Å². The van der Waals surface area contributed by atoms with Gasteiger partial charge in [0.05, 0.1) is 5.71 Å². The Hall–Kier alpha value is -2.77. The van der Waals surface area contributed by atoms with Gasteiger partial charge in [-0.1, -0.05) is 19.3 Å². The highest BCUT2D eigenvalue weighted by molar-refractivity contribution is 6.28. The van der Waals surface area contributed by atoms with E-state index in [0.717, 1.165) is 30.3 Å². The average molecular weight is 450 g/mol. The number of oxazole rings is 1. The molecule has 0 aromatic carbocycles. The fourth-order valence-corrected chi connectivity index (χ4v) is 6.13. The van der Waals surface area contributed by atoms with Gasteiger partial charge in [0, 0.05) is 29.8 Å². The van der Waals surface area contributed by atoms with Gasteiger partial charge in [0.2, 0.25) is 0 Å². The van der Waals surface area contributed by atoms with E-state index >= 15 is 0 Å². The third-order valence-electron chi connectivity index (χ3n) is 8.26. The predicted molar refractivity (Wildman–Crippen MR) is 129 cm³/mol. The molecule has 174 valence electrons. The number of aromatic nitrogens is 1. The van der Waals surface area contributed by atoms with Crippen LogP contribution in [-0.2, 0) is 0 Å². The maximum Gasteiger partial charge on any atom is 0.276 e. The van der Waals surface area contributed by atoms with Crippen LogP contribution in [0.5, 0.6) is 0 Å². The Bertz CT molecular complexity index is 1130. The van der Waals surface area contributed by atoms with Crippen LogP contribution >= 0.6 is 0 Å². The number of rotatable bonds is 6. The highest BCUT2D eigenvalue weighted by atomic mass is 19.1. The molecule has 3 aliphatic rings. The highest BCUT2D eigenvalue weighted by Gasteiger charge is 2.65. The fourth-order valence-electron chi connectivity index (χ4n) is 6.13. The smallest absolute Gasteiger partial charge is 0.276 e. The van der Waals surface area contributed by atoms with Crippen molar-refractivity contribution in [2.45, 2.75) is 53.4 Å². The minimum absolute atomic E-state index is 0.101. The Morgan fingerprint density at radius 3 is 2.79 bits per heavy atom. The molecule has 2 N–H and O–H groups in total. The molecular weight excluding hydrogens is 418 g/mol. The van der Waals surface area contributed by atoms with E-state index in [2.05, 4.69) is 18.8 Å². The summed E-state index contributed by atoms with van der Waals surface area (Å²) in [5, 5.41) is 17.8. The number of hydrogen-bond acceptors (Lipinski definition) is 5. The predicted octanol–water partition coefficient (Wildman–Crippen LogP) is 4.38. The number of halogens is 1. The lowest BCUT2D eigenvalue weighted by Gasteiger charge is -2.41. The van der Waals surface area contributed by atoms with Crippen molar-refractivity contribution in [2.75, 3.05) is 13.1 Å². The van der Waals surface area contributed by atoms with Gasteiger partial charge < -0.3 is 20.1 Å². The van der Waals surface area contributed by atoms with Gasteiger partial charge in [-0.05, 0) is 68.6 Å². The fraction of sp³-hybridized carbons (Fsp3) is 0.520. The molecule has 2 saturated carbocycles. The topological polar surface area (TPSA) is 94.0 Å². The lowest BCUT2D eigenvalue weighted by Crippen LogP contribution is -2.48. The second-order valence-corrected chi connectivity index (χ2v) is 10.1. The van der Waals surface area contributed by atoms with E-state index in [9.17, 15) is 9.18 Å².